The maximum atomic E-state index is 5.13. The average Bonchev–Trinajstić information content (AvgIpc) is 2.37. The summed E-state index contributed by atoms with van der Waals surface area (Å²) in [5.41, 5.74) is 1.08. The van der Waals surface area contributed by atoms with Gasteiger partial charge in [0.15, 0.2) is 0 Å². The van der Waals surface area contributed by atoms with Crippen LogP contribution in [0.2, 0.25) is 0 Å². The highest BCUT2D eigenvalue weighted by molar-refractivity contribution is 5.08. The van der Waals surface area contributed by atoms with Crippen molar-refractivity contribution < 1.29 is 4.52 Å². The summed E-state index contributed by atoms with van der Waals surface area (Å²) >= 11 is 0. The zero-order chi connectivity index (χ0) is 8.27. The third kappa shape index (κ3) is 2.07. The molecule has 0 saturated heterocycles. The van der Waals surface area contributed by atoms with E-state index in [2.05, 4.69) is 25.9 Å². The van der Waals surface area contributed by atoms with Crippen molar-refractivity contribution in [3.8, 4) is 0 Å². The van der Waals surface area contributed by atoms with Gasteiger partial charge in [-0.1, -0.05) is 32.3 Å². The second kappa shape index (κ2) is 3.56. The van der Waals surface area contributed by atoms with Gasteiger partial charge in [-0.25, -0.2) is 0 Å². The second-order valence-electron chi connectivity index (χ2n) is 3.13. The van der Waals surface area contributed by atoms with Gasteiger partial charge in [0, 0.05) is 12.0 Å². The van der Waals surface area contributed by atoms with Crippen molar-refractivity contribution in [1.82, 2.24) is 5.16 Å². The van der Waals surface area contributed by atoms with E-state index in [1.807, 2.05) is 6.07 Å². The van der Waals surface area contributed by atoms with Crippen molar-refractivity contribution in [1.29, 1.82) is 0 Å². The number of hydrogen-bond acceptors (Lipinski definition) is 2. The Morgan fingerprint density at radius 1 is 1.55 bits per heavy atom. The van der Waals surface area contributed by atoms with E-state index in [1.54, 1.807) is 0 Å². The van der Waals surface area contributed by atoms with Crippen molar-refractivity contribution in [3.63, 3.8) is 0 Å². The number of aryl methyl sites for hydroxylation is 1. The standard InChI is InChI=1S/C9H15NO/c1-4-5-8-6-9(7(2)3)11-10-8/h6-7H,4-5H2,1-3H3. The fraction of sp³-hybridized carbons (Fsp3) is 0.667. The normalized spacial score (nSPS) is 10.9. The summed E-state index contributed by atoms with van der Waals surface area (Å²) in [5, 5.41) is 3.95. The van der Waals surface area contributed by atoms with Gasteiger partial charge in [-0.05, 0) is 6.42 Å². The molecule has 0 aromatic carbocycles. The van der Waals surface area contributed by atoms with Crippen molar-refractivity contribution in [2.45, 2.75) is 39.5 Å². The maximum absolute atomic E-state index is 5.13. The van der Waals surface area contributed by atoms with E-state index in [4.69, 9.17) is 4.52 Å². The highest BCUT2D eigenvalue weighted by atomic mass is 16.5. The molecule has 0 radical (unpaired) electrons. The molecule has 1 rings (SSSR count). The van der Waals surface area contributed by atoms with Gasteiger partial charge >= 0.3 is 0 Å². The van der Waals surface area contributed by atoms with E-state index in [-0.39, 0.29) is 0 Å². The fourth-order valence-corrected chi connectivity index (χ4v) is 0.974. The first-order valence-corrected chi connectivity index (χ1v) is 4.19. The van der Waals surface area contributed by atoms with Gasteiger partial charge in [0.1, 0.15) is 5.76 Å². The lowest BCUT2D eigenvalue weighted by Crippen LogP contribution is -1.82. The summed E-state index contributed by atoms with van der Waals surface area (Å²) in [5.74, 6) is 1.45. The maximum Gasteiger partial charge on any atom is 0.139 e. The summed E-state index contributed by atoms with van der Waals surface area (Å²) in [6.45, 7) is 6.36. The molecule has 1 aromatic heterocycles. The van der Waals surface area contributed by atoms with Gasteiger partial charge in [0.25, 0.3) is 0 Å². The Bertz CT molecular complexity index is 215. The van der Waals surface area contributed by atoms with Crippen LogP contribution in [0.5, 0.6) is 0 Å². The van der Waals surface area contributed by atoms with E-state index < -0.39 is 0 Å². The van der Waals surface area contributed by atoms with Crippen LogP contribution in [0.15, 0.2) is 10.6 Å². The van der Waals surface area contributed by atoms with Crippen LogP contribution >= 0.6 is 0 Å². The lowest BCUT2D eigenvalue weighted by atomic mass is 10.1. The van der Waals surface area contributed by atoms with E-state index in [0.717, 1.165) is 24.3 Å². The van der Waals surface area contributed by atoms with E-state index in [0.29, 0.717) is 5.92 Å². The molecule has 62 valence electrons. The Kier molecular flexibility index (Phi) is 2.69. The zero-order valence-electron chi connectivity index (χ0n) is 7.42. The Morgan fingerprint density at radius 3 is 2.73 bits per heavy atom. The van der Waals surface area contributed by atoms with Gasteiger partial charge in [0.2, 0.25) is 0 Å². The molecule has 0 fully saturated rings. The first kappa shape index (κ1) is 8.31. The molecule has 0 aliphatic rings. The highest BCUT2D eigenvalue weighted by Gasteiger charge is 2.05. The Hall–Kier alpha value is -0.790. The number of hydrogen-bond donors (Lipinski definition) is 0. The second-order valence-corrected chi connectivity index (χ2v) is 3.13. The molecule has 2 heteroatoms. The largest absolute Gasteiger partial charge is 0.361 e. The summed E-state index contributed by atoms with van der Waals surface area (Å²) in [6.07, 6.45) is 2.15. The van der Waals surface area contributed by atoms with E-state index in [1.165, 1.54) is 0 Å². The molecule has 11 heavy (non-hydrogen) atoms. The van der Waals surface area contributed by atoms with Crippen molar-refractivity contribution in [3.05, 3.63) is 17.5 Å². The van der Waals surface area contributed by atoms with Gasteiger partial charge in [0.05, 0.1) is 5.69 Å². The van der Waals surface area contributed by atoms with Crippen LogP contribution in [-0.4, -0.2) is 5.16 Å². The monoisotopic (exact) mass is 153 g/mol. The van der Waals surface area contributed by atoms with Gasteiger partial charge in [-0.2, -0.15) is 0 Å². The Morgan fingerprint density at radius 2 is 2.27 bits per heavy atom. The molecular weight excluding hydrogens is 138 g/mol. The molecule has 0 spiro atoms. The van der Waals surface area contributed by atoms with Gasteiger partial charge < -0.3 is 4.52 Å². The smallest absolute Gasteiger partial charge is 0.139 e. The first-order chi connectivity index (χ1) is 5.24. The highest BCUT2D eigenvalue weighted by Crippen LogP contribution is 2.15. The molecule has 0 saturated carbocycles. The minimum absolute atomic E-state index is 0.452. The summed E-state index contributed by atoms with van der Waals surface area (Å²) in [4.78, 5) is 0. The van der Waals surface area contributed by atoms with E-state index >= 15 is 0 Å². The quantitative estimate of drug-likeness (QED) is 0.667. The topological polar surface area (TPSA) is 26.0 Å². The van der Waals surface area contributed by atoms with E-state index in [9.17, 15) is 0 Å². The molecule has 0 unspecified atom stereocenters. The molecule has 2 nitrogen and oxygen atoms in total. The molecular formula is C9H15NO. The molecule has 0 N–H and O–H groups in total. The van der Waals surface area contributed by atoms with Crippen LogP contribution in [0, 0.1) is 0 Å². The number of nitrogens with zero attached hydrogens (tertiary/aromatic N) is 1. The minimum atomic E-state index is 0.452. The lowest BCUT2D eigenvalue weighted by molar-refractivity contribution is 0.365. The Balaban J connectivity index is 2.66. The number of aromatic nitrogens is 1. The predicted octanol–water partition coefficient (Wildman–Crippen LogP) is 2.75. The molecule has 0 aliphatic heterocycles. The Labute approximate surface area is 67.6 Å². The van der Waals surface area contributed by atoms with Crippen LogP contribution < -0.4 is 0 Å². The third-order valence-corrected chi connectivity index (χ3v) is 1.65. The summed E-state index contributed by atoms with van der Waals surface area (Å²) in [6, 6.07) is 2.05. The van der Waals surface area contributed by atoms with Crippen LogP contribution in [0.1, 0.15) is 44.6 Å². The SMILES string of the molecule is CCCc1cc(C(C)C)on1. The first-order valence-electron chi connectivity index (χ1n) is 4.19. The molecule has 0 amide bonds. The van der Waals surface area contributed by atoms with Crippen molar-refractivity contribution >= 4 is 0 Å². The van der Waals surface area contributed by atoms with Crippen LogP contribution in [0.25, 0.3) is 0 Å². The van der Waals surface area contributed by atoms with Crippen LogP contribution in [0.4, 0.5) is 0 Å². The predicted molar refractivity (Wildman–Crippen MR) is 44.6 cm³/mol. The summed E-state index contributed by atoms with van der Waals surface area (Å²) < 4.78 is 5.13. The number of rotatable bonds is 3. The zero-order valence-corrected chi connectivity index (χ0v) is 7.42. The molecule has 0 aliphatic carbocycles. The summed E-state index contributed by atoms with van der Waals surface area (Å²) in [7, 11) is 0. The molecule has 0 bridgehead atoms. The lowest BCUT2D eigenvalue weighted by Gasteiger charge is -1.93. The third-order valence-electron chi connectivity index (χ3n) is 1.65. The van der Waals surface area contributed by atoms with Crippen molar-refractivity contribution in [2.75, 3.05) is 0 Å². The van der Waals surface area contributed by atoms with Gasteiger partial charge in [-0.15, -0.1) is 0 Å². The van der Waals surface area contributed by atoms with Gasteiger partial charge in [-0.3, -0.25) is 0 Å². The van der Waals surface area contributed by atoms with Crippen LogP contribution in [-0.2, 0) is 6.42 Å². The molecule has 1 heterocycles. The molecule has 0 atom stereocenters. The van der Waals surface area contributed by atoms with Crippen LogP contribution in [0.3, 0.4) is 0 Å². The fourth-order valence-electron chi connectivity index (χ4n) is 0.974. The minimum Gasteiger partial charge on any atom is -0.361 e. The average molecular weight is 153 g/mol. The van der Waals surface area contributed by atoms with Crippen molar-refractivity contribution in [2.24, 2.45) is 0 Å². The molecule has 1 aromatic rings.